The molecule has 1 saturated carbocycles. The van der Waals surface area contributed by atoms with Gasteiger partial charge in [-0.3, -0.25) is 9.59 Å². The van der Waals surface area contributed by atoms with E-state index in [0.29, 0.717) is 25.8 Å². The Morgan fingerprint density at radius 1 is 1.32 bits per heavy atom. The minimum absolute atomic E-state index is 0.00445. The SMILES string of the molecule is CCc1ccc(CNC(=O)C2CCC(C(=O)O)C2)s1. The lowest BCUT2D eigenvalue weighted by atomic mass is 10.0. The van der Waals surface area contributed by atoms with E-state index in [2.05, 4.69) is 18.3 Å². The molecule has 1 aromatic heterocycles. The summed E-state index contributed by atoms with van der Waals surface area (Å²) in [5.41, 5.74) is 0. The molecule has 1 heterocycles. The Labute approximate surface area is 116 Å². The van der Waals surface area contributed by atoms with Crippen LogP contribution in [-0.2, 0) is 22.6 Å². The number of amides is 1. The van der Waals surface area contributed by atoms with Gasteiger partial charge >= 0.3 is 5.97 Å². The zero-order valence-electron chi connectivity index (χ0n) is 11.0. The molecule has 1 aliphatic carbocycles. The molecule has 0 spiro atoms. The van der Waals surface area contributed by atoms with Crippen molar-refractivity contribution >= 4 is 23.2 Å². The molecular weight excluding hydrogens is 262 g/mol. The van der Waals surface area contributed by atoms with Crippen LogP contribution in [0.1, 0.15) is 35.9 Å². The number of hydrogen-bond donors (Lipinski definition) is 2. The Morgan fingerprint density at radius 3 is 2.58 bits per heavy atom. The number of hydrogen-bond acceptors (Lipinski definition) is 3. The van der Waals surface area contributed by atoms with E-state index >= 15 is 0 Å². The van der Waals surface area contributed by atoms with Crippen molar-refractivity contribution in [1.82, 2.24) is 5.32 Å². The summed E-state index contributed by atoms with van der Waals surface area (Å²) in [6.07, 6.45) is 2.80. The third-order valence-corrected chi connectivity index (χ3v) is 4.88. The van der Waals surface area contributed by atoms with Crippen LogP contribution >= 0.6 is 11.3 Å². The van der Waals surface area contributed by atoms with Crippen LogP contribution in [0.4, 0.5) is 0 Å². The van der Waals surface area contributed by atoms with Crippen molar-refractivity contribution in [2.45, 2.75) is 39.2 Å². The second-order valence-corrected chi connectivity index (χ2v) is 6.24. The predicted molar refractivity (Wildman–Crippen MR) is 74.0 cm³/mol. The highest BCUT2D eigenvalue weighted by Crippen LogP contribution is 2.31. The van der Waals surface area contributed by atoms with Crippen LogP contribution < -0.4 is 5.32 Å². The van der Waals surface area contributed by atoms with Gasteiger partial charge in [0.2, 0.25) is 5.91 Å². The molecule has 5 heteroatoms. The second kappa shape index (κ2) is 6.19. The van der Waals surface area contributed by atoms with E-state index in [-0.39, 0.29) is 17.7 Å². The van der Waals surface area contributed by atoms with Gasteiger partial charge in [-0.05, 0) is 37.8 Å². The summed E-state index contributed by atoms with van der Waals surface area (Å²) >= 11 is 1.71. The Bertz CT molecular complexity index is 469. The van der Waals surface area contributed by atoms with Crippen molar-refractivity contribution in [1.29, 1.82) is 0 Å². The average molecular weight is 281 g/mol. The average Bonchev–Trinajstić information content (AvgIpc) is 3.04. The van der Waals surface area contributed by atoms with Gasteiger partial charge in [-0.15, -0.1) is 11.3 Å². The van der Waals surface area contributed by atoms with E-state index in [1.165, 1.54) is 4.88 Å². The van der Waals surface area contributed by atoms with Crippen LogP contribution in [0.5, 0.6) is 0 Å². The normalized spacial score (nSPS) is 22.4. The molecule has 0 radical (unpaired) electrons. The van der Waals surface area contributed by atoms with Crippen molar-refractivity contribution in [3.8, 4) is 0 Å². The van der Waals surface area contributed by atoms with Gasteiger partial charge in [0, 0.05) is 15.7 Å². The fraction of sp³-hybridized carbons (Fsp3) is 0.571. The maximum absolute atomic E-state index is 12.0. The maximum Gasteiger partial charge on any atom is 0.306 e. The van der Waals surface area contributed by atoms with Gasteiger partial charge in [0.1, 0.15) is 0 Å². The van der Waals surface area contributed by atoms with Crippen molar-refractivity contribution in [2.75, 3.05) is 0 Å². The largest absolute Gasteiger partial charge is 0.481 e. The minimum atomic E-state index is -0.777. The quantitative estimate of drug-likeness (QED) is 0.871. The maximum atomic E-state index is 12.0. The summed E-state index contributed by atoms with van der Waals surface area (Å²) in [5, 5.41) is 11.8. The molecule has 2 atom stereocenters. The number of carboxylic acid groups (broad SMARTS) is 1. The predicted octanol–water partition coefficient (Wildman–Crippen LogP) is 2.43. The third-order valence-electron chi connectivity index (χ3n) is 3.66. The van der Waals surface area contributed by atoms with Crippen LogP contribution in [-0.4, -0.2) is 17.0 Å². The molecule has 2 unspecified atom stereocenters. The first-order valence-electron chi connectivity index (χ1n) is 6.68. The van der Waals surface area contributed by atoms with Crippen molar-refractivity contribution in [2.24, 2.45) is 11.8 Å². The van der Waals surface area contributed by atoms with E-state index in [4.69, 9.17) is 5.11 Å². The topological polar surface area (TPSA) is 66.4 Å². The highest BCUT2D eigenvalue weighted by Gasteiger charge is 2.33. The number of aliphatic carboxylic acids is 1. The van der Waals surface area contributed by atoms with Crippen LogP contribution in [0.15, 0.2) is 12.1 Å². The number of thiophene rings is 1. The molecule has 1 amide bonds. The Morgan fingerprint density at radius 2 is 2.00 bits per heavy atom. The molecule has 2 N–H and O–H groups in total. The number of aryl methyl sites for hydroxylation is 1. The van der Waals surface area contributed by atoms with Crippen LogP contribution in [0.2, 0.25) is 0 Å². The van der Waals surface area contributed by atoms with E-state index in [1.807, 2.05) is 6.07 Å². The molecule has 0 aliphatic heterocycles. The zero-order chi connectivity index (χ0) is 13.8. The third kappa shape index (κ3) is 3.56. The van der Waals surface area contributed by atoms with Gasteiger partial charge in [-0.2, -0.15) is 0 Å². The highest BCUT2D eigenvalue weighted by molar-refractivity contribution is 7.11. The van der Waals surface area contributed by atoms with E-state index in [9.17, 15) is 9.59 Å². The van der Waals surface area contributed by atoms with E-state index < -0.39 is 5.97 Å². The number of carboxylic acids is 1. The zero-order valence-corrected chi connectivity index (χ0v) is 11.8. The first-order chi connectivity index (χ1) is 9.10. The molecule has 1 fully saturated rings. The van der Waals surface area contributed by atoms with Crippen molar-refractivity contribution in [3.63, 3.8) is 0 Å². The van der Waals surface area contributed by atoms with Gasteiger partial charge in [-0.25, -0.2) is 0 Å². The van der Waals surface area contributed by atoms with E-state index in [1.54, 1.807) is 11.3 Å². The summed E-state index contributed by atoms with van der Waals surface area (Å²) in [5.74, 6) is -1.26. The monoisotopic (exact) mass is 281 g/mol. The first-order valence-corrected chi connectivity index (χ1v) is 7.50. The highest BCUT2D eigenvalue weighted by atomic mass is 32.1. The first kappa shape index (κ1) is 14.1. The number of nitrogens with one attached hydrogen (secondary N) is 1. The van der Waals surface area contributed by atoms with Gasteiger partial charge < -0.3 is 10.4 Å². The number of carbonyl (C=O) groups is 2. The summed E-state index contributed by atoms with van der Waals surface area (Å²) in [6.45, 7) is 2.66. The van der Waals surface area contributed by atoms with Crippen molar-refractivity contribution < 1.29 is 14.7 Å². The molecule has 104 valence electrons. The molecule has 0 aromatic carbocycles. The molecule has 4 nitrogen and oxygen atoms in total. The molecule has 1 aliphatic rings. The van der Waals surface area contributed by atoms with Crippen LogP contribution in [0, 0.1) is 11.8 Å². The summed E-state index contributed by atoms with van der Waals surface area (Å²) in [4.78, 5) is 25.3. The fourth-order valence-corrected chi connectivity index (χ4v) is 3.37. The smallest absolute Gasteiger partial charge is 0.306 e. The summed E-state index contributed by atoms with van der Waals surface area (Å²) in [7, 11) is 0. The summed E-state index contributed by atoms with van der Waals surface area (Å²) in [6, 6.07) is 4.13. The van der Waals surface area contributed by atoms with Crippen molar-refractivity contribution in [3.05, 3.63) is 21.9 Å². The molecule has 19 heavy (non-hydrogen) atoms. The fourth-order valence-electron chi connectivity index (χ4n) is 2.47. The Balaban J connectivity index is 1.80. The second-order valence-electron chi connectivity index (χ2n) is 4.98. The lowest BCUT2D eigenvalue weighted by Crippen LogP contribution is -2.29. The van der Waals surface area contributed by atoms with E-state index in [0.717, 1.165) is 11.3 Å². The lowest BCUT2D eigenvalue weighted by Gasteiger charge is -2.09. The minimum Gasteiger partial charge on any atom is -0.481 e. The molecular formula is C14H19NO3S. The van der Waals surface area contributed by atoms with Crippen LogP contribution in [0.25, 0.3) is 0 Å². The van der Waals surface area contributed by atoms with Crippen LogP contribution in [0.3, 0.4) is 0 Å². The number of carbonyl (C=O) groups excluding carboxylic acids is 1. The lowest BCUT2D eigenvalue weighted by molar-refractivity contribution is -0.141. The van der Waals surface area contributed by atoms with Gasteiger partial charge in [-0.1, -0.05) is 6.92 Å². The Hall–Kier alpha value is -1.36. The van der Waals surface area contributed by atoms with Gasteiger partial charge in [0.05, 0.1) is 12.5 Å². The molecule has 1 aromatic rings. The number of rotatable bonds is 5. The molecule has 0 bridgehead atoms. The molecule has 2 rings (SSSR count). The standard InChI is InChI=1S/C14H19NO3S/c1-2-11-5-6-12(19-11)8-15-13(16)9-3-4-10(7-9)14(17)18/h5-6,9-10H,2-4,7-8H2,1H3,(H,15,16)(H,17,18). The van der Waals surface area contributed by atoms with Gasteiger partial charge in [0.25, 0.3) is 0 Å². The summed E-state index contributed by atoms with van der Waals surface area (Å²) < 4.78 is 0. The van der Waals surface area contributed by atoms with Gasteiger partial charge in [0.15, 0.2) is 0 Å². The molecule has 0 saturated heterocycles. The Kier molecular flexibility index (Phi) is 4.58.